The molecule has 0 aromatic heterocycles. The van der Waals surface area contributed by atoms with E-state index in [9.17, 15) is 14.7 Å². The first-order valence-corrected chi connectivity index (χ1v) is 8.59. The van der Waals surface area contributed by atoms with E-state index in [1.54, 1.807) is 24.3 Å². The minimum Gasteiger partial charge on any atom is -0.399 e. The number of benzene rings is 1. The second kappa shape index (κ2) is 9.98. The molecule has 1 aliphatic carbocycles. The van der Waals surface area contributed by atoms with Crippen molar-refractivity contribution in [2.75, 3.05) is 0 Å². The van der Waals surface area contributed by atoms with E-state index in [-0.39, 0.29) is 11.5 Å². The number of amides is 2. The molecular weight excluding hydrogens is 358 g/mol. The molecule has 2 amide bonds. The molecular formula is C21H21N3O4. The van der Waals surface area contributed by atoms with Gasteiger partial charge in [-0.1, -0.05) is 24.0 Å². The van der Waals surface area contributed by atoms with Gasteiger partial charge in [-0.25, -0.2) is 5.48 Å². The summed E-state index contributed by atoms with van der Waals surface area (Å²) in [7, 11) is 0. The van der Waals surface area contributed by atoms with Crippen molar-refractivity contribution in [1.29, 1.82) is 0 Å². The number of aliphatic hydroxyl groups excluding tert-OH is 1. The van der Waals surface area contributed by atoms with Gasteiger partial charge in [-0.2, -0.15) is 0 Å². The second-order valence-corrected chi connectivity index (χ2v) is 6.17. The normalized spacial score (nSPS) is 17.0. The highest BCUT2D eigenvalue weighted by Crippen LogP contribution is 2.12. The van der Waals surface area contributed by atoms with Crippen LogP contribution in [0.2, 0.25) is 0 Å². The Morgan fingerprint density at radius 2 is 1.96 bits per heavy atom. The van der Waals surface area contributed by atoms with Gasteiger partial charge in [0.2, 0.25) is 0 Å². The first-order chi connectivity index (χ1) is 13.4. The van der Waals surface area contributed by atoms with E-state index in [2.05, 4.69) is 29.0 Å². The Kier molecular flexibility index (Phi) is 7.41. The van der Waals surface area contributed by atoms with Crippen LogP contribution in [-0.2, 0) is 4.79 Å². The zero-order chi connectivity index (χ0) is 20.5. The third kappa shape index (κ3) is 6.03. The number of carbonyl (C=O) groups excluding carboxylic acids is 2. The maximum absolute atomic E-state index is 12.2. The molecule has 2 unspecified atom stereocenters. The third-order valence-electron chi connectivity index (χ3n) is 3.96. The highest BCUT2D eigenvalue weighted by Gasteiger charge is 2.25. The predicted molar refractivity (Wildman–Crippen MR) is 103 cm³/mol. The van der Waals surface area contributed by atoms with Crippen LogP contribution >= 0.6 is 0 Å². The summed E-state index contributed by atoms with van der Waals surface area (Å²) in [6.45, 7) is 1.33. The van der Waals surface area contributed by atoms with E-state index < -0.39 is 24.0 Å². The Bertz CT molecular complexity index is 909. The van der Waals surface area contributed by atoms with Crippen LogP contribution in [0.15, 0.2) is 48.2 Å². The molecule has 144 valence electrons. The topological polar surface area (TPSA) is 125 Å². The SMILES string of the molecule is C[C@@H](O)C(NC(=O)c1ccc(C#CC#CC2C=CC(N)=CC2)cc1)C(=O)NO. The summed E-state index contributed by atoms with van der Waals surface area (Å²) in [6, 6.07) is 5.11. The molecule has 0 heterocycles. The average molecular weight is 379 g/mol. The van der Waals surface area contributed by atoms with E-state index >= 15 is 0 Å². The summed E-state index contributed by atoms with van der Waals surface area (Å²) in [5, 5.41) is 20.6. The maximum Gasteiger partial charge on any atom is 0.268 e. The van der Waals surface area contributed by atoms with E-state index in [4.69, 9.17) is 10.9 Å². The Hall–Kier alpha value is -3.52. The fourth-order valence-electron chi connectivity index (χ4n) is 2.38. The fraction of sp³-hybridized carbons (Fsp3) is 0.238. The molecule has 0 aliphatic heterocycles. The van der Waals surface area contributed by atoms with Crippen LogP contribution in [0, 0.1) is 29.6 Å². The highest BCUT2D eigenvalue weighted by atomic mass is 16.5. The van der Waals surface area contributed by atoms with Crippen LogP contribution in [0.5, 0.6) is 0 Å². The molecule has 2 rings (SSSR count). The van der Waals surface area contributed by atoms with Crippen molar-refractivity contribution in [2.24, 2.45) is 11.7 Å². The number of hydrogen-bond acceptors (Lipinski definition) is 5. The van der Waals surface area contributed by atoms with Gasteiger partial charge in [0.25, 0.3) is 11.8 Å². The van der Waals surface area contributed by atoms with E-state index in [1.165, 1.54) is 12.4 Å². The Labute approximate surface area is 163 Å². The van der Waals surface area contributed by atoms with E-state index in [0.717, 1.165) is 12.1 Å². The number of nitrogens with two attached hydrogens (primary N) is 1. The molecule has 3 atom stereocenters. The van der Waals surface area contributed by atoms with E-state index in [0.29, 0.717) is 5.56 Å². The summed E-state index contributed by atoms with van der Waals surface area (Å²) in [5.74, 6) is 10.1. The van der Waals surface area contributed by atoms with Gasteiger partial charge in [0.15, 0.2) is 0 Å². The molecule has 1 aromatic carbocycles. The van der Waals surface area contributed by atoms with Gasteiger partial charge in [-0.05, 0) is 55.5 Å². The van der Waals surface area contributed by atoms with Crippen molar-refractivity contribution in [1.82, 2.24) is 10.8 Å². The first-order valence-electron chi connectivity index (χ1n) is 8.59. The Morgan fingerprint density at radius 1 is 1.25 bits per heavy atom. The Morgan fingerprint density at radius 3 is 2.54 bits per heavy atom. The van der Waals surface area contributed by atoms with Crippen molar-refractivity contribution in [2.45, 2.75) is 25.5 Å². The standard InChI is InChI=1S/C21H21N3O4/c1-14(25)19(21(27)24-28)23-20(26)17-10-6-15(7-11-17)4-2-3-5-16-8-12-18(22)13-9-16/h6-8,10-14,16,19,25,28H,9,22H2,1H3,(H,23,26)(H,24,27)/t14-,16?,19?/m1/s1. The van der Waals surface area contributed by atoms with Gasteiger partial charge in [0.1, 0.15) is 6.04 Å². The van der Waals surface area contributed by atoms with Gasteiger partial charge in [-0.15, -0.1) is 0 Å². The molecule has 0 spiro atoms. The largest absolute Gasteiger partial charge is 0.399 e. The van der Waals surface area contributed by atoms with Crippen LogP contribution in [0.1, 0.15) is 29.3 Å². The molecule has 7 nitrogen and oxygen atoms in total. The van der Waals surface area contributed by atoms with Crippen LogP contribution in [0.25, 0.3) is 0 Å². The van der Waals surface area contributed by atoms with Crippen LogP contribution in [0.4, 0.5) is 0 Å². The molecule has 1 aliphatic rings. The predicted octanol–water partition coefficient (Wildman–Crippen LogP) is 0.445. The molecule has 0 saturated carbocycles. The molecule has 0 radical (unpaired) electrons. The van der Waals surface area contributed by atoms with E-state index in [1.807, 2.05) is 18.2 Å². The third-order valence-corrected chi connectivity index (χ3v) is 3.96. The molecule has 1 aromatic rings. The monoisotopic (exact) mass is 379 g/mol. The Balaban J connectivity index is 1.98. The van der Waals surface area contributed by atoms with Gasteiger partial charge in [0.05, 0.1) is 6.10 Å². The number of aliphatic hydroxyl groups is 1. The lowest BCUT2D eigenvalue weighted by Gasteiger charge is -2.19. The number of hydroxylamine groups is 1. The summed E-state index contributed by atoms with van der Waals surface area (Å²) in [6.07, 6.45) is 5.28. The lowest BCUT2D eigenvalue weighted by Crippen LogP contribution is -2.51. The molecule has 7 heteroatoms. The molecule has 28 heavy (non-hydrogen) atoms. The summed E-state index contributed by atoms with van der Waals surface area (Å²) >= 11 is 0. The zero-order valence-electron chi connectivity index (χ0n) is 15.3. The lowest BCUT2D eigenvalue weighted by atomic mass is 10.0. The second-order valence-electron chi connectivity index (χ2n) is 6.17. The van der Waals surface area contributed by atoms with Crippen LogP contribution in [0.3, 0.4) is 0 Å². The first kappa shape index (κ1) is 20.8. The number of nitrogens with one attached hydrogen (secondary N) is 2. The van der Waals surface area contributed by atoms with Gasteiger partial charge < -0.3 is 16.2 Å². The minimum absolute atomic E-state index is 0.102. The maximum atomic E-state index is 12.2. The molecule has 0 bridgehead atoms. The number of rotatable bonds is 4. The van der Waals surface area contributed by atoms with Gasteiger partial charge in [-0.3, -0.25) is 14.8 Å². The summed E-state index contributed by atoms with van der Waals surface area (Å²) < 4.78 is 0. The van der Waals surface area contributed by atoms with Crippen LogP contribution in [-0.4, -0.2) is 34.3 Å². The molecule has 0 fully saturated rings. The average Bonchev–Trinajstić information content (AvgIpc) is 2.70. The lowest BCUT2D eigenvalue weighted by molar-refractivity contribution is -0.133. The van der Waals surface area contributed by atoms with Crippen molar-refractivity contribution < 1.29 is 19.9 Å². The smallest absolute Gasteiger partial charge is 0.268 e. The quantitative estimate of drug-likeness (QED) is 0.295. The number of carbonyl (C=O) groups is 2. The molecule has 0 saturated heterocycles. The number of hydrogen-bond donors (Lipinski definition) is 5. The fourth-order valence-corrected chi connectivity index (χ4v) is 2.38. The van der Waals surface area contributed by atoms with Crippen molar-refractivity contribution in [3.05, 3.63) is 59.3 Å². The van der Waals surface area contributed by atoms with Gasteiger partial charge >= 0.3 is 0 Å². The van der Waals surface area contributed by atoms with Crippen LogP contribution < -0.4 is 16.5 Å². The summed E-state index contributed by atoms with van der Waals surface area (Å²) in [5.41, 5.74) is 8.76. The van der Waals surface area contributed by atoms with Crippen molar-refractivity contribution >= 4 is 11.8 Å². The zero-order valence-corrected chi connectivity index (χ0v) is 15.3. The van der Waals surface area contributed by atoms with Crippen molar-refractivity contribution in [3.8, 4) is 23.7 Å². The number of allylic oxidation sites excluding steroid dienone is 3. The minimum atomic E-state index is -1.27. The molecule has 6 N–H and O–H groups in total. The van der Waals surface area contributed by atoms with Gasteiger partial charge in [0, 0.05) is 22.7 Å². The summed E-state index contributed by atoms with van der Waals surface area (Å²) in [4.78, 5) is 23.7. The highest BCUT2D eigenvalue weighted by molar-refractivity contribution is 5.97. The van der Waals surface area contributed by atoms with Crippen molar-refractivity contribution in [3.63, 3.8) is 0 Å².